The lowest BCUT2D eigenvalue weighted by Gasteiger charge is -2.17. The highest BCUT2D eigenvalue weighted by Gasteiger charge is 2.07. The number of guanidine groups is 2. The van der Waals surface area contributed by atoms with Crippen LogP contribution in [0.25, 0.3) is 0 Å². The zero-order valence-electron chi connectivity index (χ0n) is 18.7. The van der Waals surface area contributed by atoms with Crippen molar-refractivity contribution in [2.24, 2.45) is 21.5 Å². The summed E-state index contributed by atoms with van der Waals surface area (Å²) in [5, 5.41) is 10.7. The SMILES string of the molecule is CCCCCCCCCCCN=C(N)/N=C(\N)N(C)Cc1ccc([N+](=O)[O-])cc1.Cl.Cl. The number of hydrogen-bond donors (Lipinski definition) is 2. The van der Waals surface area contributed by atoms with Crippen molar-refractivity contribution in [3.05, 3.63) is 39.9 Å². The Hall–Kier alpha value is -2.06. The van der Waals surface area contributed by atoms with Crippen molar-refractivity contribution in [2.75, 3.05) is 13.6 Å². The number of halogens is 2. The summed E-state index contributed by atoms with van der Waals surface area (Å²) in [6.07, 6.45) is 11.4. The predicted octanol–water partition coefficient (Wildman–Crippen LogP) is 5.03. The molecule has 0 saturated heterocycles. The van der Waals surface area contributed by atoms with Gasteiger partial charge in [-0.2, -0.15) is 4.99 Å². The van der Waals surface area contributed by atoms with E-state index in [2.05, 4.69) is 16.9 Å². The Morgan fingerprint density at radius 2 is 1.48 bits per heavy atom. The number of rotatable bonds is 13. The third kappa shape index (κ3) is 14.6. The van der Waals surface area contributed by atoms with Crippen LogP contribution in [0.5, 0.6) is 0 Å². The normalized spacial score (nSPS) is 11.4. The molecule has 0 aliphatic heterocycles. The molecule has 31 heavy (non-hydrogen) atoms. The number of aliphatic imine (C=N–C) groups is 2. The van der Waals surface area contributed by atoms with Gasteiger partial charge in [0.2, 0.25) is 5.96 Å². The molecule has 0 amide bonds. The molecule has 0 atom stereocenters. The monoisotopic (exact) mass is 476 g/mol. The smallest absolute Gasteiger partial charge is 0.269 e. The van der Waals surface area contributed by atoms with E-state index in [-0.39, 0.29) is 42.4 Å². The Kier molecular flexibility index (Phi) is 18.8. The van der Waals surface area contributed by atoms with Crippen LogP contribution in [0.15, 0.2) is 34.3 Å². The Balaban J connectivity index is 0. The molecule has 0 aromatic heterocycles. The van der Waals surface area contributed by atoms with Gasteiger partial charge in [-0.05, 0) is 12.0 Å². The van der Waals surface area contributed by atoms with Gasteiger partial charge in [-0.25, -0.2) is 0 Å². The van der Waals surface area contributed by atoms with E-state index >= 15 is 0 Å². The third-order valence-corrected chi connectivity index (χ3v) is 4.72. The Morgan fingerprint density at radius 1 is 0.968 bits per heavy atom. The molecule has 10 heteroatoms. The first kappa shape index (κ1) is 31.1. The third-order valence-electron chi connectivity index (χ3n) is 4.72. The fourth-order valence-corrected chi connectivity index (χ4v) is 2.93. The summed E-state index contributed by atoms with van der Waals surface area (Å²) in [6, 6.07) is 6.33. The number of unbranched alkanes of at least 4 members (excludes halogenated alkanes) is 8. The lowest BCUT2D eigenvalue weighted by atomic mass is 10.1. The Morgan fingerprint density at radius 3 is 2.00 bits per heavy atom. The van der Waals surface area contributed by atoms with E-state index in [0.29, 0.717) is 13.1 Å². The van der Waals surface area contributed by atoms with Gasteiger partial charge in [0.1, 0.15) is 0 Å². The van der Waals surface area contributed by atoms with Gasteiger partial charge in [-0.3, -0.25) is 15.1 Å². The number of nitrogens with two attached hydrogens (primary N) is 2. The van der Waals surface area contributed by atoms with E-state index in [1.807, 2.05) is 0 Å². The lowest BCUT2D eigenvalue weighted by molar-refractivity contribution is -0.384. The minimum absolute atomic E-state index is 0. The van der Waals surface area contributed by atoms with Crippen LogP contribution in [0.3, 0.4) is 0 Å². The summed E-state index contributed by atoms with van der Waals surface area (Å²) in [5.41, 5.74) is 12.8. The first-order chi connectivity index (χ1) is 13.9. The Bertz CT molecular complexity index is 668. The molecule has 1 aromatic carbocycles. The van der Waals surface area contributed by atoms with Crippen LogP contribution >= 0.6 is 24.8 Å². The minimum Gasteiger partial charge on any atom is -0.369 e. The van der Waals surface area contributed by atoms with Gasteiger partial charge in [-0.1, -0.05) is 70.4 Å². The van der Waals surface area contributed by atoms with Gasteiger partial charge in [0, 0.05) is 32.3 Å². The zero-order chi connectivity index (χ0) is 21.5. The Labute approximate surface area is 198 Å². The van der Waals surface area contributed by atoms with Crippen molar-refractivity contribution in [1.82, 2.24) is 4.90 Å². The predicted molar refractivity (Wildman–Crippen MR) is 134 cm³/mol. The number of nitro benzene ring substituents is 1. The van der Waals surface area contributed by atoms with Gasteiger partial charge in [0.15, 0.2) is 5.96 Å². The van der Waals surface area contributed by atoms with E-state index in [9.17, 15) is 10.1 Å². The first-order valence-corrected chi connectivity index (χ1v) is 10.5. The number of nitro groups is 1. The van der Waals surface area contributed by atoms with Crippen molar-refractivity contribution in [3.8, 4) is 0 Å². The molecule has 0 spiro atoms. The quantitative estimate of drug-likeness (QED) is 0.136. The summed E-state index contributed by atoms with van der Waals surface area (Å²) in [7, 11) is 1.79. The van der Waals surface area contributed by atoms with Gasteiger partial charge < -0.3 is 16.4 Å². The maximum Gasteiger partial charge on any atom is 0.269 e. The van der Waals surface area contributed by atoms with Crippen molar-refractivity contribution in [2.45, 2.75) is 71.3 Å². The number of hydrogen-bond acceptors (Lipinski definition) is 3. The van der Waals surface area contributed by atoms with Crippen molar-refractivity contribution in [3.63, 3.8) is 0 Å². The first-order valence-electron chi connectivity index (χ1n) is 10.5. The molecule has 178 valence electrons. The van der Waals surface area contributed by atoms with Crippen LogP contribution in [0, 0.1) is 10.1 Å². The highest BCUT2D eigenvalue weighted by Crippen LogP contribution is 2.13. The van der Waals surface area contributed by atoms with Gasteiger partial charge in [0.05, 0.1) is 4.92 Å². The molecule has 8 nitrogen and oxygen atoms in total. The molecule has 0 aliphatic rings. The number of non-ortho nitro benzene ring substituents is 1. The van der Waals surface area contributed by atoms with E-state index in [4.69, 9.17) is 11.5 Å². The molecular weight excluding hydrogens is 439 g/mol. The van der Waals surface area contributed by atoms with Crippen molar-refractivity contribution >= 4 is 42.4 Å². The standard InChI is InChI=1S/C21H36N6O2.2ClH/c1-3-4-5-6-7-8-9-10-11-16-24-20(22)25-21(23)26(2)17-18-12-14-19(15-13-18)27(28)29;;/h12-15H,3-11,16-17H2,1-2H3,(H4,22,23,24,25);2*1H. The molecule has 1 aromatic rings. The molecule has 0 fully saturated rings. The van der Waals surface area contributed by atoms with Gasteiger partial charge in [-0.15, -0.1) is 24.8 Å². The topological polar surface area (TPSA) is 123 Å². The van der Waals surface area contributed by atoms with E-state index in [0.717, 1.165) is 18.4 Å². The largest absolute Gasteiger partial charge is 0.369 e. The molecule has 1 rings (SSSR count). The average molecular weight is 477 g/mol. The maximum atomic E-state index is 10.7. The number of nitrogens with zero attached hydrogens (tertiary/aromatic N) is 4. The van der Waals surface area contributed by atoms with Gasteiger partial charge in [0.25, 0.3) is 5.69 Å². The summed E-state index contributed by atoms with van der Waals surface area (Å²) in [6.45, 7) is 3.37. The molecule has 0 radical (unpaired) electrons. The summed E-state index contributed by atoms with van der Waals surface area (Å²) in [4.78, 5) is 20.4. The van der Waals surface area contributed by atoms with E-state index < -0.39 is 4.92 Å². The van der Waals surface area contributed by atoms with Crippen LogP contribution < -0.4 is 11.5 Å². The lowest BCUT2D eigenvalue weighted by Crippen LogP contribution is -2.35. The summed E-state index contributed by atoms with van der Waals surface area (Å²) >= 11 is 0. The number of benzene rings is 1. The van der Waals surface area contributed by atoms with Crippen LogP contribution in [0.1, 0.15) is 70.3 Å². The second-order valence-corrected chi connectivity index (χ2v) is 7.32. The van der Waals surface area contributed by atoms with Gasteiger partial charge >= 0.3 is 0 Å². The highest BCUT2D eigenvalue weighted by atomic mass is 35.5. The van der Waals surface area contributed by atoms with Crippen molar-refractivity contribution < 1.29 is 4.92 Å². The summed E-state index contributed by atoms with van der Waals surface area (Å²) < 4.78 is 0. The fraction of sp³-hybridized carbons (Fsp3) is 0.619. The van der Waals surface area contributed by atoms with E-state index in [1.54, 1.807) is 24.1 Å². The average Bonchev–Trinajstić information content (AvgIpc) is 2.69. The molecule has 4 N–H and O–H groups in total. The molecule has 0 aliphatic carbocycles. The summed E-state index contributed by atoms with van der Waals surface area (Å²) in [5.74, 6) is 0.439. The maximum absolute atomic E-state index is 10.7. The van der Waals surface area contributed by atoms with Crippen molar-refractivity contribution in [1.29, 1.82) is 0 Å². The molecule has 0 heterocycles. The molecule has 0 bridgehead atoms. The molecular formula is C21H38Cl2N6O2. The second kappa shape index (κ2) is 18.7. The van der Waals surface area contributed by atoms with Crippen LogP contribution in [0.2, 0.25) is 0 Å². The van der Waals surface area contributed by atoms with Crippen LogP contribution in [0.4, 0.5) is 5.69 Å². The second-order valence-electron chi connectivity index (χ2n) is 7.32. The molecule has 0 unspecified atom stereocenters. The minimum atomic E-state index is -0.423. The van der Waals surface area contributed by atoms with E-state index in [1.165, 1.54) is 57.1 Å². The van der Waals surface area contributed by atoms with Crippen LogP contribution in [-0.2, 0) is 6.54 Å². The fourth-order valence-electron chi connectivity index (χ4n) is 2.93. The highest BCUT2D eigenvalue weighted by molar-refractivity contribution is 5.93. The van der Waals surface area contributed by atoms with Crippen LogP contribution in [-0.4, -0.2) is 35.3 Å². The molecule has 0 saturated carbocycles. The zero-order valence-corrected chi connectivity index (χ0v) is 20.3.